The van der Waals surface area contributed by atoms with Gasteiger partial charge in [0.15, 0.2) is 0 Å². The van der Waals surface area contributed by atoms with Gasteiger partial charge in [-0.1, -0.05) is 18.2 Å². The fraction of sp³-hybridized carbons (Fsp3) is 0.400. The number of hydrogen-bond acceptors (Lipinski definition) is 8. The predicted molar refractivity (Wildman–Crippen MR) is 154 cm³/mol. The van der Waals surface area contributed by atoms with E-state index in [2.05, 4.69) is 43.3 Å². The molecule has 4 aromatic rings. The minimum Gasteiger partial charge on any atom is -0.506 e. The molecule has 0 amide bonds. The molecule has 0 radical (unpaired) electrons. The summed E-state index contributed by atoms with van der Waals surface area (Å²) in [5.41, 5.74) is 7.36. The van der Waals surface area contributed by atoms with Gasteiger partial charge in [0, 0.05) is 43.1 Å². The zero-order valence-electron chi connectivity index (χ0n) is 22.8. The molecule has 4 N–H and O–H groups in total. The summed E-state index contributed by atoms with van der Waals surface area (Å²) < 4.78 is 7.55. The first-order valence-electron chi connectivity index (χ1n) is 13.6. The first-order chi connectivity index (χ1) is 19.0. The lowest BCUT2D eigenvalue weighted by molar-refractivity contribution is 0.0378. The second-order valence-electron chi connectivity index (χ2n) is 10.2. The summed E-state index contributed by atoms with van der Waals surface area (Å²) >= 11 is 0. The highest BCUT2D eigenvalue weighted by atomic mass is 16.5. The molecule has 1 fully saturated rings. The van der Waals surface area contributed by atoms with E-state index in [0.717, 1.165) is 90.9 Å². The van der Waals surface area contributed by atoms with Crippen LogP contribution in [-0.4, -0.2) is 69.0 Å². The molecular weight excluding hydrogens is 492 g/mol. The second-order valence-corrected chi connectivity index (χ2v) is 10.2. The molecule has 0 spiro atoms. The molecule has 3 heterocycles. The molecule has 206 valence electrons. The Labute approximate surface area is 229 Å². The number of aryl methyl sites for hydroxylation is 2. The van der Waals surface area contributed by atoms with E-state index >= 15 is 0 Å². The number of aromatic hydroxyl groups is 1. The molecule has 2 aromatic carbocycles. The topological polar surface area (TPSA) is 108 Å². The van der Waals surface area contributed by atoms with Crippen molar-refractivity contribution in [3.05, 3.63) is 76.6 Å². The number of imidazole rings is 1. The maximum Gasteiger partial charge on any atom is 0.204 e. The van der Waals surface area contributed by atoms with Crippen molar-refractivity contribution in [3.8, 4) is 5.75 Å². The Balaban J connectivity index is 1.38. The quantitative estimate of drug-likeness (QED) is 0.215. The van der Waals surface area contributed by atoms with Crippen LogP contribution in [-0.2, 0) is 24.4 Å². The van der Waals surface area contributed by atoms with Gasteiger partial charge in [-0.2, -0.15) is 0 Å². The zero-order valence-corrected chi connectivity index (χ0v) is 22.8. The van der Waals surface area contributed by atoms with Crippen LogP contribution in [0.25, 0.3) is 11.0 Å². The van der Waals surface area contributed by atoms with Crippen LogP contribution in [0, 0.1) is 13.8 Å². The summed E-state index contributed by atoms with van der Waals surface area (Å²) in [6, 6.07) is 15.8. The van der Waals surface area contributed by atoms with Crippen LogP contribution in [0.2, 0.25) is 0 Å². The number of rotatable bonds is 11. The van der Waals surface area contributed by atoms with E-state index in [1.54, 1.807) is 6.07 Å². The molecule has 0 saturated carbocycles. The van der Waals surface area contributed by atoms with Gasteiger partial charge in [0.1, 0.15) is 11.4 Å². The molecule has 39 heavy (non-hydrogen) atoms. The minimum absolute atomic E-state index is 0.0119. The summed E-state index contributed by atoms with van der Waals surface area (Å²) in [6.45, 7) is 10.3. The predicted octanol–water partition coefficient (Wildman–Crippen LogP) is 4.04. The van der Waals surface area contributed by atoms with E-state index in [-0.39, 0.29) is 12.4 Å². The van der Waals surface area contributed by atoms with E-state index in [1.807, 2.05) is 38.1 Å². The number of nitrogens with zero attached hydrogens (tertiary/aromatic N) is 4. The van der Waals surface area contributed by atoms with Gasteiger partial charge in [0.25, 0.3) is 0 Å². The lowest BCUT2D eigenvalue weighted by Gasteiger charge is -2.26. The first kappa shape index (κ1) is 26.9. The van der Waals surface area contributed by atoms with Gasteiger partial charge in [0.2, 0.25) is 5.95 Å². The standard InChI is InChI=1S/C30H38N6O3/c1-21-4-7-24(20-37)26(16-21)32-18-23-6-8-25-28(17-23)36(19-27-29(38)9-5-22(2)33-27)30(34-25)31-10-3-11-35-12-14-39-15-13-35/h4-9,16-17,32,37-38H,3,10-15,18-20H2,1-2H3,(H,31,34). The number of anilines is 2. The molecule has 9 heteroatoms. The highest BCUT2D eigenvalue weighted by Crippen LogP contribution is 2.26. The minimum atomic E-state index is -0.0119. The van der Waals surface area contributed by atoms with Crippen LogP contribution >= 0.6 is 0 Å². The molecule has 5 rings (SSSR count). The molecule has 2 aromatic heterocycles. The number of hydrogen-bond donors (Lipinski definition) is 4. The zero-order chi connectivity index (χ0) is 27.2. The second kappa shape index (κ2) is 12.5. The van der Waals surface area contributed by atoms with Crippen molar-refractivity contribution in [1.29, 1.82) is 0 Å². The van der Waals surface area contributed by atoms with Crippen molar-refractivity contribution in [2.24, 2.45) is 0 Å². The van der Waals surface area contributed by atoms with Crippen LogP contribution in [0.1, 0.15) is 34.5 Å². The van der Waals surface area contributed by atoms with E-state index in [0.29, 0.717) is 18.8 Å². The van der Waals surface area contributed by atoms with Crippen LogP contribution < -0.4 is 10.6 Å². The molecule has 1 saturated heterocycles. The average Bonchev–Trinajstić information content (AvgIpc) is 3.29. The Morgan fingerprint density at radius 2 is 1.82 bits per heavy atom. The summed E-state index contributed by atoms with van der Waals surface area (Å²) in [4.78, 5) is 11.9. The number of benzene rings is 2. The van der Waals surface area contributed by atoms with Gasteiger partial charge in [-0.05, 0) is 68.3 Å². The number of fused-ring (bicyclic) bond motifs is 1. The SMILES string of the molecule is Cc1ccc(CO)c(NCc2ccc3nc(NCCCN4CCOCC4)n(Cc4nc(C)ccc4O)c3c2)c1. The average molecular weight is 531 g/mol. The summed E-state index contributed by atoms with van der Waals surface area (Å²) in [7, 11) is 0. The van der Waals surface area contributed by atoms with Gasteiger partial charge in [0.05, 0.1) is 37.4 Å². The molecule has 1 aliphatic heterocycles. The smallest absolute Gasteiger partial charge is 0.204 e. The Kier molecular flexibility index (Phi) is 8.61. The highest BCUT2D eigenvalue weighted by Gasteiger charge is 2.15. The summed E-state index contributed by atoms with van der Waals surface area (Å²) in [5, 5.41) is 27.3. The third kappa shape index (κ3) is 6.68. The van der Waals surface area contributed by atoms with Crippen molar-refractivity contribution in [2.45, 2.75) is 40.0 Å². The fourth-order valence-electron chi connectivity index (χ4n) is 4.96. The summed E-state index contributed by atoms with van der Waals surface area (Å²) in [5.74, 6) is 0.940. The van der Waals surface area contributed by atoms with Crippen LogP contribution in [0.5, 0.6) is 5.75 Å². The van der Waals surface area contributed by atoms with E-state index in [9.17, 15) is 10.2 Å². The molecule has 0 aliphatic carbocycles. The maximum absolute atomic E-state index is 10.5. The molecule has 0 unspecified atom stereocenters. The van der Waals surface area contributed by atoms with Gasteiger partial charge in [-0.15, -0.1) is 0 Å². The van der Waals surface area contributed by atoms with Crippen molar-refractivity contribution in [2.75, 3.05) is 50.0 Å². The maximum atomic E-state index is 10.5. The third-order valence-electron chi connectivity index (χ3n) is 7.17. The number of aromatic nitrogens is 3. The number of ether oxygens (including phenoxy) is 1. The Hall–Kier alpha value is -3.66. The largest absolute Gasteiger partial charge is 0.506 e. The fourth-order valence-corrected chi connectivity index (χ4v) is 4.96. The lowest BCUT2D eigenvalue weighted by atomic mass is 10.1. The van der Waals surface area contributed by atoms with Crippen molar-refractivity contribution < 1.29 is 14.9 Å². The molecule has 9 nitrogen and oxygen atoms in total. The molecule has 1 aliphatic rings. The Morgan fingerprint density at radius 3 is 2.64 bits per heavy atom. The van der Waals surface area contributed by atoms with E-state index in [1.165, 1.54) is 0 Å². The van der Waals surface area contributed by atoms with E-state index < -0.39 is 0 Å². The monoisotopic (exact) mass is 530 g/mol. The lowest BCUT2D eigenvalue weighted by Crippen LogP contribution is -2.37. The Bertz CT molecular complexity index is 1410. The van der Waals surface area contributed by atoms with Crippen molar-refractivity contribution in [3.63, 3.8) is 0 Å². The van der Waals surface area contributed by atoms with Crippen molar-refractivity contribution in [1.82, 2.24) is 19.4 Å². The first-order valence-corrected chi connectivity index (χ1v) is 13.6. The number of aliphatic hydroxyl groups excluding tert-OH is 1. The highest BCUT2D eigenvalue weighted by molar-refractivity contribution is 5.80. The van der Waals surface area contributed by atoms with Gasteiger partial charge >= 0.3 is 0 Å². The van der Waals surface area contributed by atoms with E-state index in [4.69, 9.17) is 9.72 Å². The summed E-state index contributed by atoms with van der Waals surface area (Å²) in [6.07, 6.45) is 0.996. The molecule has 0 atom stereocenters. The number of pyridine rings is 1. The van der Waals surface area contributed by atoms with Crippen LogP contribution in [0.15, 0.2) is 48.5 Å². The van der Waals surface area contributed by atoms with Gasteiger partial charge in [-0.25, -0.2) is 4.98 Å². The van der Waals surface area contributed by atoms with Crippen LogP contribution in [0.4, 0.5) is 11.6 Å². The van der Waals surface area contributed by atoms with Gasteiger partial charge < -0.3 is 30.2 Å². The number of nitrogens with one attached hydrogen (secondary N) is 2. The van der Waals surface area contributed by atoms with Crippen LogP contribution in [0.3, 0.4) is 0 Å². The molecular formula is C30H38N6O3. The number of morpholine rings is 1. The normalized spacial score (nSPS) is 14.1. The Morgan fingerprint density at radius 1 is 0.974 bits per heavy atom. The molecule has 0 bridgehead atoms. The van der Waals surface area contributed by atoms with Crippen molar-refractivity contribution >= 4 is 22.7 Å². The number of aliphatic hydroxyl groups is 1. The van der Waals surface area contributed by atoms with Gasteiger partial charge in [-0.3, -0.25) is 9.88 Å². The third-order valence-corrected chi connectivity index (χ3v) is 7.17.